The summed E-state index contributed by atoms with van der Waals surface area (Å²) in [6.07, 6.45) is -4.82. The highest BCUT2D eigenvalue weighted by Gasteiger charge is 2.32. The van der Waals surface area contributed by atoms with Crippen LogP contribution in [0.15, 0.2) is 41.3 Å². The van der Waals surface area contributed by atoms with E-state index < -0.39 is 35.8 Å². The number of rotatable bonds is 5. The van der Waals surface area contributed by atoms with Gasteiger partial charge in [-0.2, -0.15) is 0 Å². The zero-order valence-electron chi connectivity index (χ0n) is 17.6. The van der Waals surface area contributed by atoms with Gasteiger partial charge in [-0.3, -0.25) is 9.59 Å². The number of hydrogen-bond donors (Lipinski definition) is 2. The van der Waals surface area contributed by atoms with E-state index in [1.807, 2.05) is 0 Å². The number of benzene rings is 2. The Hall–Kier alpha value is -2.50. The summed E-state index contributed by atoms with van der Waals surface area (Å²) in [5.74, 6) is -2.00. The molecule has 0 aliphatic carbocycles. The SMILES string of the molecule is CC(C)NC(=O)c1cc2c(cc1F)SC[C@H](N)C(=O)N2Cc1ccc(OC(F)(F)F)cc1.Cl. The number of amides is 2. The summed E-state index contributed by atoms with van der Waals surface area (Å²) in [7, 11) is 0. The molecular weight excluding hydrogens is 486 g/mol. The minimum atomic E-state index is -4.82. The van der Waals surface area contributed by atoms with Crippen molar-refractivity contribution in [2.75, 3.05) is 10.7 Å². The Morgan fingerprint density at radius 2 is 1.91 bits per heavy atom. The molecule has 0 unspecified atom stereocenters. The Labute approximate surface area is 198 Å². The zero-order chi connectivity index (χ0) is 23.6. The van der Waals surface area contributed by atoms with E-state index in [0.29, 0.717) is 16.1 Å². The van der Waals surface area contributed by atoms with E-state index in [1.165, 1.54) is 40.9 Å². The third kappa shape index (κ3) is 6.75. The quantitative estimate of drug-likeness (QED) is 0.591. The van der Waals surface area contributed by atoms with E-state index in [4.69, 9.17) is 5.73 Å². The van der Waals surface area contributed by atoms with Crippen LogP contribution in [0.5, 0.6) is 5.75 Å². The van der Waals surface area contributed by atoms with Crippen LogP contribution in [-0.4, -0.2) is 36.0 Å². The van der Waals surface area contributed by atoms with E-state index in [2.05, 4.69) is 10.1 Å². The summed E-state index contributed by atoms with van der Waals surface area (Å²) in [5.41, 5.74) is 6.55. The normalized spacial score (nSPS) is 16.1. The van der Waals surface area contributed by atoms with Gasteiger partial charge in [-0.25, -0.2) is 4.39 Å². The highest BCUT2D eigenvalue weighted by molar-refractivity contribution is 7.99. The first kappa shape index (κ1) is 26.7. The summed E-state index contributed by atoms with van der Waals surface area (Å²) < 4.78 is 55.6. The molecule has 0 fully saturated rings. The third-order valence-electron chi connectivity index (χ3n) is 4.50. The minimum Gasteiger partial charge on any atom is -0.406 e. The highest BCUT2D eigenvalue weighted by atomic mass is 35.5. The van der Waals surface area contributed by atoms with Crippen LogP contribution in [-0.2, 0) is 11.3 Å². The fourth-order valence-corrected chi connectivity index (χ4v) is 4.10. The van der Waals surface area contributed by atoms with Crippen molar-refractivity contribution in [1.29, 1.82) is 0 Å². The first-order chi connectivity index (χ1) is 14.9. The molecule has 3 N–H and O–H groups in total. The van der Waals surface area contributed by atoms with Gasteiger partial charge in [0.25, 0.3) is 5.91 Å². The van der Waals surface area contributed by atoms with Gasteiger partial charge in [-0.15, -0.1) is 37.3 Å². The number of ether oxygens (including phenoxy) is 1. The number of nitrogens with one attached hydrogen (secondary N) is 1. The Bertz CT molecular complexity index is 1020. The van der Waals surface area contributed by atoms with Crippen LogP contribution in [0, 0.1) is 5.82 Å². The van der Waals surface area contributed by atoms with Crippen LogP contribution in [0.25, 0.3) is 0 Å². The predicted octanol–water partition coefficient (Wildman–Crippen LogP) is 4.25. The lowest BCUT2D eigenvalue weighted by Crippen LogP contribution is -2.44. The number of halogens is 5. The summed E-state index contributed by atoms with van der Waals surface area (Å²) in [5, 5.41) is 2.61. The second-order valence-corrected chi connectivity index (χ2v) is 8.52. The van der Waals surface area contributed by atoms with E-state index in [1.54, 1.807) is 13.8 Å². The Balaban J connectivity index is 0.00000385. The average Bonchev–Trinajstić information content (AvgIpc) is 2.79. The van der Waals surface area contributed by atoms with Gasteiger partial charge >= 0.3 is 6.36 Å². The van der Waals surface area contributed by atoms with Gasteiger partial charge in [0.05, 0.1) is 23.8 Å². The maximum atomic E-state index is 14.6. The van der Waals surface area contributed by atoms with Gasteiger partial charge in [-0.1, -0.05) is 12.1 Å². The molecule has 0 radical (unpaired) electrons. The number of anilines is 1. The first-order valence-electron chi connectivity index (χ1n) is 9.63. The summed E-state index contributed by atoms with van der Waals surface area (Å²) in [6.45, 7) is 3.43. The third-order valence-corrected chi connectivity index (χ3v) is 5.67. The van der Waals surface area contributed by atoms with Crippen LogP contribution in [0.3, 0.4) is 0 Å². The van der Waals surface area contributed by atoms with Crippen molar-refractivity contribution < 1.29 is 31.9 Å². The number of nitrogens with two attached hydrogens (primary N) is 1. The highest BCUT2D eigenvalue weighted by Crippen LogP contribution is 2.37. The van der Waals surface area contributed by atoms with Crippen molar-refractivity contribution in [3.8, 4) is 5.75 Å². The largest absolute Gasteiger partial charge is 0.573 e. The fraction of sp³-hybridized carbons (Fsp3) is 0.333. The second-order valence-electron chi connectivity index (χ2n) is 7.46. The van der Waals surface area contributed by atoms with E-state index in [0.717, 1.165) is 12.1 Å². The van der Waals surface area contributed by atoms with Crippen LogP contribution in [0.4, 0.5) is 23.2 Å². The second kappa shape index (κ2) is 10.6. The lowest BCUT2D eigenvalue weighted by atomic mass is 10.1. The zero-order valence-corrected chi connectivity index (χ0v) is 19.2. The van der Waals surface area contributed by atoms with E-state index in [-0.39, 0.29) is 36.3 Å². The Morgan fingerprint density at radius 1 is 1.27 bits per heavy atom. The number of hydrogen-bond acceptors (Lipinski definition) is 5. The molecule has 1 atom stereocenters. The van der Waals surface area contributed by atoms with Crippen LogP contribution >= 0.6 is 24.2 Å². The number of carbonyl (C=O) groups is 2. The number of carbonyl (C=O) groups excluding carboxylic acids is 2. The number of fused-ring (bicyclic) bond motifs is 1. The van der Waals surface area contributed by atoms with Crippen molar-refractivity contribution in [1.82, 2.24) is 5.32 Å². The molecule has 0 aromatic heterocycles. The van der Waals surface area contributed by atoms with Crippen LogP contribution in [0.2, 0.25) is 0 Å². The van der Waals surface area contributed by atoms with Gasteiger partial charge in [0.15, 0.2) is 0 Å². The molecule has 180 valence electrons. The molecule has 1 heterocycles. The lowest BCUT2D eigenvalue weighted by Gasteiger charge is -2.25. The van der Waals surface area contributed by atoms with Gasteiger partial charge in [0, 0.05) is 16.7 Å². The van der Waals surface area contributed by atoms with E-state index in [9.17, 15) is 27.2 Å². The predicted molar refractivity (Wildman–Crippen MR) is 119 cm³/mol. The summed E-state index contributed by atoms with van der Waals surface area (Å²) >= 11 is 1.19. The maximum Gasteiger partial charge on any atom is 0.573 e. The van der Waals surface area contributed by atoms with Crippen LogP contribution in [0.1, 0.15) is 29.8 Å². The molecule has 0 saturated carbocycles. The van der Waals surface area contributed by atoms with Gasteiger partial charge < -0.3 is 20.7 Å². The van der Waals surface area contributed by atoms with Gasteiger partial charge in [0.1, 0.15) is 11.6 Å². The molecule has 12 heteroatoms. The minimum absolute atomic E-state index is 0. The molecule has 0 bridgehead atoms. The molecule has 0 saturated heterocycles. The Kier molecular flexibility index (Phi) is 8.61. The van der Waals surface area contributed by atoms with Crippen LogP contribution < -0.4 is 20.7 Å². The smallest absolute Gasteiger partial charge is 0.406 e. The molecular formula is C21H22ClF4N3O3S. The average molecular weight is 508 g/mol. The topological polar surface area (TPSA) is 84.7 Å². The molecule has 33 heavy (non-hydrogen) atoms. The molecule has 3 rings (SSSR count). The number of alkyl halides is 3. The summed E-state index contributed by atoms with van der Waals surface area (Å²) in [6, 6.07) is 6.41. The molecule has 2 aromatic carbocycles. The van der Waals surface area contributed by atoms with Gasteiger partial charge in [0.2, 0.25) is 5.91 Å². The van der Waals surface area contributed by atoms with E-state index >= 15 is 0 Å². The molecule has 0 spiro atoms. The maximum absolute atomic E-state index is 14.6. The molecule has 1 aliphatic rings. The standard InChI is InChI=1S/C21H21F4N3O3S.ClH/c1-11(2)27-19(29)14-7-17-18(8-15(14)22)32-10-16(26)20(30)28(17)9-12-3-5-13(6-4-12)31-21(23,24)25;/h3-8,11,16H,9-10,26H2,1-2H3,(H,27,29);1H/t16-;/m0./s1. The molecule has 2 amide bonds. The van der Waals surface area contributed by atoms with Crippen molar-refractivity contribution in [3.63, 3.8) is 0 Å². The lowest BCUT2D eigenvalue weighted by molar-refractivity contribution is -0.274. The number of nitrogens with zero attached hydrogens (tertiary/aromatic N) is 1. The van der Waals surface area contributed by atoms with Crippen molar-refractivity contribution in [2.45, 2.75) is 43.7 Å². The molecule has 2 aromatic rings. The molecule has 6 nitrogen and oxygen atoms in total. The van der Waals surface area contributed by atoms with Crippen molar-refractivity contribution >= 4 is 41.7 Å². The monoisotopic (exact) mass is 507 g/mol. The van der Waals surface area contributed by atoms with Gasteiger partial charge in [-0.05, 0) is 43.7 Å². The first-order valence-corrected chi connectivity index (χ1v) is 10.6. The van der Waals surface area contributed by atoms with Crippen molar-refractivity contribution in [2.24, 2.45) is 5.73 Å². The van der Waals surface area contributed by atoms with Crippen molar-refractivity contribution in [3.05, 3.63) is 53.3 Å². The molecule has 1 aliphatic heterocycles. The number of thioether (sulfide) groups is 1. The summed E-state index contributed by atoms with van der Waals surface area (Å²) in [4.78, 5) is 27.1. The Morgan fingerprint density at radius 3 is 2.48 bits per heavy atom. The fourth-order valence-electron chi connectivity index (χ4n) is 3.10.